The lowest BCUT2D eigenvalue weighted by Crippen LogP contribution is -2.04. The van der Waals surface area contributed by atoms with E-state index in [2.05, 4.69) is 4.65 Å². The van der Waals surface area contributed by atoms with Gasteiger partial charge in [0.1, 0.15) is 16.9 Å². The molecule has 148 valence electrons. The summed E-state index contributed by atoms with van der Waals surface area (Å²) in [6.45, 7) is 0. The van der Waals surface area contributed by atoms with Gasteiger partial charge >= 0.3 is 7.47 Å². The van der Waals surface area contributed by atoms with E-state index in [1.807, 2.05) is 42.5 Å². The zero-order chi connectivity index (χ0) is 20.9. The van der Waals surface area contributed by atoms with E-state index in [0.717, 1.165) is 16.8 Å². The lowest BCUT2D eigenvalue weighted by Gasteiger charge is -2.02. The maximum absolute atomic E-state index is 12.8. The van der Waals surface area contributed by atoms with Gasteiger partial charge < -0.3 is 13.5 Å². The van der Waals surface area contributed by atoms with Gasteiger partial charge in [0.15, 0.2) is 5.78 Å². The second kappa shape index (κ2) is 8.65. The lowest BCUT2D eigenvalue weighted by molar-refractivity contribution is -0.110. The molecule has 4 aromatic rings. The molecular weight excluding hydrogens is 389 g/mol. The predicted molar refractivity (Wildman–Crippen MR) is 113 cm³/mol. The number of hydrogen-bond acceptors (Lipinski definition) is 4. The van der Waals surface area contributed by atoms with Crippen LogP contribution in [-0.2, 0) is 9.45 Å². The van der Waals surface area contributed by atoms with E-state index >= 15 is 0 Å². The van der Waals surface area contributed by atoms with Gasteiger partial charge in [0, 0.05) is 28.0 Å². The Kier molecular flexibility index (Phi) is 5.61. The fourth-order valence-electron chi connectivity index (χ4n) is 3.01. The molecule has 0 aliphatic rings. The average molecular weight is 404 g/mol. The van der Waals surface area contributed by atoms with Crippen molar-refractivity contribution in [3.63, 3.8) is 0 Å². The van der Waals surface area contributed by atoms with E-state index in [9.17, 15) is 13.4 Å². The zero-order valence-corrected chi connectivity index (χ0v) is 15.6. The van der Waals surface area contributed by atoms with Crippen LogP contribution < -0.4 is 0 Å². The molecule has 0 saturated heterocycles. The van der Waals surface area contributed by atoms with Crippen LogP contribution in [0.25, 0.3) is 34.1 Å². The number of furan rings is 2. The van der Waals surface area contributed by atoms with Crippen molar-refractivity contribution in [3.8, 4) is 0 Å². The number of fused-ring (bicyclic) bond motifs is 2. The summed E-state index contributed by atoms with van der Waals surface area (Å²) in [7, 11) is -3.06. The third-order valence-electron chi connectivity index (χ3n) is 4.39. The highest BCUT2D eigenvalue weighted by Gasteiger charge is 2.18. The Morgan fingerprint density at radius 1 is 0.833 bits per heavy atom. The summed E-state index contributed by atoms with van der Waals surface area (Å²) in [5.74, 6) is -0.764. The van der Waals surface area contributed by atoms with E-state index in [1.165, 1.54) is 24.7 Å². The summed E-state index contributed by atoms with van der Waals surface area (Å²) >= 11 is 0. The number of halogens is 2. The van der Waals surface area contributed by atoms with Crippen molar-refractivity contribution in [2.45, 2.75) is 0 Å². The number of benzene rings is 2. The molecule has 0 aliphatic carbocycles. The van der Waals surface area contributed by atoms with Crippen LogP contribution in [0.2, 0.25) is 0 Å². The van der Waals surface area contributed by atoms with Crippen LogP contribution in [-0.4, -0.2) is 13.3 Å². The van der Waals surface area contributed by atoms with Gasteiger partial charge in [-0.2, -0.15) is 0 Å². The molecule has 0 spiro atoms. The molecule has 0 radical (unpaired) electrons. The first kappa shape index (κ1) is 19.5. The maximum Gasteiger partial charge on any atom is 0.796 e. The van der Waals surface area contributed by atoms with Crippen LogP contribution in [0.3, 0.4) is 0 Å². The van der Waals surface area contributed by atoms with Gasteiger partial charge in [0.05, 0.1) is 12.5 Å². The fraction of sp³-hybridized carbons (Fsp3) is 0. The molecule has 0 fully saturated rings. The Morgan fingerprint density at radius 3 is 1.93 bits per heavy atom. The third kappa shape index (κ3) is 4.41. The van der Waals surface area contributed by atoms with Crippen molar-refractivity contribution in [1.82, 2.24) is 0 Å². The Hall–Kier alpha value is -3.87. The molecule has 4 rings (SSSR count). The second-order valence-corrected chi connectivity index (χ2v) is 6.37. The molecule has 0 unspecified atom stereocenters. The molecule has 2 aromatic heterocycles. The first-order valence-electron chi connectivity index (χ1n) is 9.09. The highest BCUT2D eigenvalue weighted by Crippen LogP contribution is 2.23. The summed E-state index contributed by atoms with van der Waals surface area (Å²) in [5.41, 5.74) is 2.76. The molecular formula is C23H15BF2O4. The van der Waals surface area contributed by atoms with Crippen LogP contribution in [0.15, 0.2) is 93.9 Å². The minimum atomic E-state index is -3.06. The van der Waals surface area contributed by atoms with Gasteiger partial charge in [-0.3, -0.25) is 4.79 Å². The molecule has 0 N–H and O–H groups in total. The van der Waals surface area contributed by atoms with E-state index in [1.54, 1.807) is 18.2 Å². The SMILES string of the molecule is O=C(/C=C(/C=C/c1coc2ccccc12)OB(F)F)/C=C/c1coc2ccccc12. The van der Waals surface area contributed by atoms with Crippen molar-refractivity contribution in [2.75, 3.05) is 0 Å². The number of rotatable bonds is 7. The van der Waals surface area contributed by atoms with Gasteiger partial charge in [0.2, 0.25) is 0 Å². The smallest absolute Gasteiger partial charge is 0.505 e. The molecule has 0 amide bonds. The van der Waals surface area contributed by atoms with Crippen LogP contribution >= 0.6 is 0 Å². The van der Waals surface area contributed by atoms with Gasteiger partial charge in [-0.15, -0.1) is 0 Å². The molecule has 2 aromatic carbocycles. The molecule has 0 atom stereocenters. The number of para-hydroxylation sites is 2. The molecule has 4 nitrogen and oxygen atoms in total. The Balaban J connectivity index is 1.55. The normalized spacial score (nSPS) is 12.4. The van der Waals surface area contributed by atoms with Crippen molar-refractivity contribution in [3.05, 3.63) is 96.2 Å². The van der Waals surface area contributed by atoms with Crippen LogP contribution in [0, 0.1) is 0 Å². The molecule has 7 heteroatoms. The fourth-order valence-corrected chi connectivity index (χ4v) is 3.01. The molecule has 30 heavy (non-hydrogen) atoms. The van der Waals surface area contributed by atoms with Crippen LogP contribution in [0.4, 0.5) is 8.63 Å². The predicted octanol–water partition coefficient (Wildman–Crippen LogP) is 6.30. The van der Waals surface area contributed by atoms with E-state index in [-0.39, 0.29) is 5.76 Å². The van der Waals surface area contributed by atoms with E-state index in [4.69, 9.17) is 8.83 Å². The van der Waals surface area contributed by atoms with Crippen LogP contribution in [0.5, 0.6) is 0 Å². The monoisotopic (exact) mass is 404 g/mol. The van der Waals surface area contributed by atoms with Gasteiger partial charge in [-0.25, -0.2) is 8.63 Å². The topological polar surface area (TPSA) is 52.6 Å². The largest absolute Gasteiger partial charge is 0.796 e. The van der Waals surface area contributed by atoms with Crippen molar-refractivity contribution < 1.29 is 26.9 Å². The average Bonchev–Trinajstić information content (AvgIpc) is 3.34. The number of hydrogen-bond donors (Lipinski definition) is 0. The molecule has 0 aliphatic heterocycles. The summed E-state index contributed by atoms with van der Waals surface area (Å²) in [6, 6.07) is 14.7. The minimum Gasteiger partial charge on any atom is -0.505 e. The summed E-state index contributed by atoms with van der Waals surface area (Å²) in [6.07, 6.45) is 9.74. The summed E-state index contributed by atoms with van der Waals surface area (Å²) in [5, 5.41) is 1.67. The molecule has 0 bridgehead atoms. The van der Waals surface area contributed by atoms with E-state index < -0.39 is 13.3 Å². The van der Waals surface area contributed by atoms with Crippen molar-refractivity contribution >= 4 is 47.3 Å². The maximum atomic E-state index is 12.8. The first-order valence-corrected chi connectivity index (χ1v) is 9.09. The van der Waals surface area contributed by atoms with Gasteiger partial charge in [-0.1, -0.05) is 36.4 Å². The quantitative estimate of drug-likeness (QED) is 0.157. The number of carbonyl (C=O) groups is 1. The zero-order valence-electron chi connectivity index (χ0n) is 15.6. The number of carbonyl (C=O) groups excluding carboxylic acids is 1. The van der Waals surface area contributed by atoms with E-state index in [0.29, 0.717) is 22.3 Å². The number of allylic oxidation sites excluding steroid dienone is 3. The molecule has 2 heterocycles. The molecule has 0 saturated carbocycles. The van der Waals surface area contributed by atoms with Crippen LogP contribution in [0.1, 0.15) is 11.1 Å². The van der Waals surface area contributed by atoms with Crippen molar-refractivity contribution in [2.24, 2.45) is 0 Å². The minimum absolute atomic E-state index is 0.262. The Morgan fingerprint density at radius 2 is 1.37 bits per heavy atom. The summed E-state index contributed by atoms with van der Waals surface area (Å²) in [4.78, 5) is 12.3. The standard InChI is InChI=1S/C23H15BF2O4/c25-24(26)30-19(12-10-17-15-29-23-8-4-2-6-21(17)23)13-18(27)11-9-16-14-28-22-7-3-1-5-20(16)22/h1-15H/b11-9+,12-10+,19-13-. The highest BCUT2D eigenvalue weighted by atomic mass is 19.2. The van der Waals surface area contributed by atoms with Crippen molar-refractivity contribution in [1.29, 1.82) is 0 Å². The lowest BCUT2D eigenvalue weighted by atomic mass is 10.1. The first-order chi connectivity index (χ1) is 14.6. The number of ketones is 1. The Bertz CT molecular complexity index is 1280. The second-order valence-electron chi connectivity index (χ2n) is 6.37. The third-order valence-corrected chi connectivity index (χ3v) is 4.39. The Labute approximate surface area is 170 Å². The summed E-state index contributed by atoms with van der Waals surface area (Å²) < 4.78 is 40.9. The van der Waals surface area contributed by atoms with Gasteiger partial charge in [0.25, 0.3) is 0 Å². The van der Waals surface area contributed by atoms with Gasteiger partial charge in [-0.05, 0) is 36.4 Å². The highest BCUT2D eigenvalue weighted by molar-refractivity contribution is 6.35.